The predicted molar refractivity (Wildman–Crippen MR) is 87.9 cm³/mol. The first-order valence-electron chi connectivity index (χ1n) is 6.76. The molecule has 0 aliphatic heterocycles. The van der Waals surface area contributed by atoms with Gasteiger partial charge in [0.1, 0.15) is 5.69 Å². The zero-order chi connectivity index (χ0) is 15.1. The number of amides is 1. The molecular weight excluding hydrogens is 306 g/mol. The van der Waals surface area contributed by atoms with Crippen LogP contribution in [0.1, 0.15) is 16.8 Å². The van der Waals surface area contributed by atoms with Crippen LogP contribution in [0.15, 0.2) is 23.7 Å². The number of aryl methyl sites for hydroxylation is 1. The maximum atomic E-state index is 12.3. The van der Waals surface area contributed by atoms with Crippen molar-refractivity contribution in [2.24, 2.45) is 7.05 Å². The normalized spacial score (nSPS) is 10.8. The maximum Gasteiger partial charge on any atom is 0.255 e. The van der Waals surface area contributed by atoms with Gasteiger partial charge in [-0.15, -0.1) is 11.3 Å². The van der Waals surface area contributed by atoms with Crippen molar-refractivity contribution in [2.75, 3.05) is 24.7 Å². The maximum absolute atomic E-state index is 12.3. The van der Waals surface area contributed by atoms with Gasteiger partial charge in [-0.05, 0) is 23.6 Å². The van der Waals surface area contributed by atoms with Crippen LogP contribution in [-0.4, -0.2) is 45.5 Å². The predicted octanol–water partition coefficient (Wildman–Crippen LogP) is 1.99. The summed E-state index contributed by atoms with van der Waals surface area (Å²) < 4.78 is 1.67. The van der Waals surface area contributed by atoms with Crippen molar-refractivity contribution in [1.82, 2.24) is 15.1 Å². The summed E-state index contributed by atoms with van der Waals surface area (Å²) >= 11 is 3.30. The van der Waals surface area contributed by atoms with E-state index in [0.29, 0.717) is 12.1 Å². The molecule has 0 aliphatic rings. The van der Waals surface area contributed by atoms with Crippen molar-refractivity contribution in [1.29, 1.82) is 0 Å². The minimum absolute atomic E-state index is 0.0886. The van der Waals surface area contributed by atoms with E-state index in [1.54, 1.807) is 34.0 Å². The van der Waals surface area contributed by atoms with Crippen molar-refractivity contribution in [2.45, 2.75) is 6.42 Å². The third-order valence-corrected chi connectivity index (χ3v) is 4.75. The van der Waals surface area contributed by atoms with Crippen molar-refractivity contribution in [3.63, 3.8) is 0 Å². The molecule has 2 N–H and O–H groups in total. The number of aliphatic hydroxyl groups excluding tert-OH is 1. The van der Waals surface area contributed by atoms with Crippen molar-refractivity contribution < 1.29 is 9.90 Å². The summed E-state index contributed by atoms with van der Waals surface area (Å²) in [7, 11) is 1.82. The molecule has 1 amide bonds. The summed E-state index contributed by atoms with van der Waals surface area (Å²) in [6.45, 7) is 0.840. The first kappa shape index (κ1) is 16.1. The molecule has 0 saturated heterocycles. The van der Waals surface area contributed by atoms with Crippen molar-refractivity contribution in [3.8, 4) is 10.6 Å². The summed E-state index contributed by atoms with van der Waals surface area (Å²) in [6, 6.07) is 3.92. The number of aromatic nitrogens is 2. The van der Waals surface area contributed by atoms with E-state index >= 15 is 0 Å². The minimum atomic E-state index is -0.0886. The van der Waals surface area contributed by atoms with Crippen LogP contribution >= 0.6 is 23.1 Å². The number of hydrogen-bond donors (Lipinski definition) is 2. The van der Waals surface area contributed by atoms with Gasteiger partial charge in [0.2, 0.25) is 0 Å². The van der Waals surface area contributed by atoms with Gasteiger partial charge in [-0.2, -0.15) is 16.9 Å². The minimum Gasteiger partial charge on any atom is -0.396 e. The highest BCUT2D eigenvalue weighted by atomic mass is 32.2. The Bertz CT molecular complexity index is 567. The molecule has 5 nitrogen and oxygen atoms in total. The number of nitrogens with one attached hydrogen (secondary N) is 1. The van der Waals surface area contributed by atoms with E-state index in [4.69, 9.17) is 5.11 Å². The Kier molecular flexibility index (Phi) is 6.28. The number of rotatable bonds is 8. The highest BCUT2D eigenvalue weighted by molar-refractivity contribution is 7.99. The molecule has 0 radical (unpaired) electrons. The lowest BCUT2D eigenvalue weighted by molar-refractivity contribution is 0.0956. The van der Waals surface area contributed by atoms with E-state index < -0.39 is 0 Å². The molecule has 114 valence electrons. The van der Waals surface area contributed by atoms with Gasteiger partial charge in [0.25, 0.3) is 5.91 Å². The lowest BCUT2D eigenvalue weighted by Crippen LogP contribution is -2.26. The van der Waals surface area contributed by atoms with Gasteiger partial charge in [-0.3, -0.25) is 9.48 Å². The molecule has 21 heavy (non-hydrogen) atoms. The quantitative estimate of drug-likeness (QED) is 0.729. The fourth-order valence-corrected chi connectivity index (χ4v) is 3.36. The highest BCUT2D eigenvalue weighted by Gasteiger charge is 2.17. The lowest BCUT2D eigenvalue weighted by atomic mass is 10.2. The molecule has 2 rings (SSSR count). The van der Waals surface area contributed by atoms with E-state index in [-0.39, 0.29) is 12.5 Å². The van der Waals surface area contributed by atoms with Gasteiger partial charge >= 0.3 is 0 Å². The van der Waals surface area contributed by atoms with E-state index in [2.05, 4.69) is 10.4 Å². The lowest BCUT2D eigenvalue weighted by Gasteiger charge is -2.04. The summed E-state index contributed by atoms with van der Waals surface area (Å²) in [5, 5.41) is 18.0. The van der Waals surface area contributed by atoms with Crippen LogP contribution in [0.4, 0.5) is 0 Å². The number of nitrogens with zero attached hydrogens (tertiary/aromatic N) is 2. The molecule has 0 bridgehead atoms. The number of carbonyl (C=O) groups excluding carboxylic acids is 1. The summed E-state index contributed by atoms with van der Waals surface area (Å²) in [5.74, 6) is 1.68. The van der Waals surface area contributed by atoms with Gasteiger partial charge in [0, 0.05) is 32.1 Å². The van der Waals surface area contributed by atoms with E-state index in [0.717, 1.165) is 28.5 Å². The Morgan fingerprint density at radius 2 is 2.38 bits per heavy atom. The second-order valence-electron chi connectivity index (χ2n) is 4.49. The van der Waals surface area contributed by atoms with Crippen molar-refractivity contribution >= 4 is 29.0 Å². The van der Waals surface area contributed by atoms with Crippen LogP contribution in [0.25, 0.3) is 10.6 Å². The van der Waals surface area contributed by atoms with Gasteiger partial charge in [-0.1, -0.05) is 6.07 Å². The monoisotopic (exact) mass is 325 g/mol. The Morgan fingerprint density at radius 1 is 1.52 bits per heavy atom. The fourth-order valence-electron chi connectivity index (χ4n) is 1.85. The second kappa shape index (κ2) is 8.21. The number of carbonyl (C=O) groups is 1. The third kappa shape index (κ3) is 4.59. The smallest absolute Gasteiger partial charge is 0.255 e. The number of aliphatic hydroxyl groups is 1. The Labute approximate surface area is 132 Å². The SMILES string of the molecule is Cn1cc(C(=O)NCCSCCCO)c(-c2cccs2)n1. The van der Waals surface area contributed by atoms with Gasteiger partial charge in [0.15, 0.2) is 0 Å². The largest absolute Gasteiger partial charge is 0.396 e. The molecular formula is C14H19N3O2S2. The molecule has 2 heterocycles. The zero-order valence-corrected chi connectivity index (χ0v) is 13.5. The molecule has 0 unspecified atom stereocenters. The van der Waals surface area contributed by atoms with Crippen LogP contribution in [-0.2, 0) is 7.05 Å². The standard InChI is InChI=1S/C14H19N3O2S2/c1-17-10-11(13(16-17)12-4-2-8-21-12)14(19)15-5-9-20-7-3-6-18/h2,4,8,10,18H,3,5-7,9H2,1H3,(H,15,19). The molecule has 0 atom stereocenters. The molecule has 0 aliphatic carbocycles. The zero-order valence-electron chi connectivity index (χ0n) is 11.9. The second-order valence-corrected chi connectivity index (χ2v) is 6.66. The van der Waals surface area contributed by atoms with Gasteiger partial charge in [0.05, 0.1) is 10.4 Å². The molecule has 0 aromatic carbocycles. The average Bonchev–Trinajstić information content (AvgIpc) is 3.11. The summed E-state index contributed by atoms with van der Waals surface area (Å²) in [4.78, 5) is 13.3. The Morgan fingerprint density at radius 3 is 3.10 bits per heavy atom. The first-order chi connectivity index (χ1) is 10.2. The Hall–Kier alpha value is -1.31. The molecule has 0 spiro atoms. The molecule has 2 aromatic heterocycles. The average molecular weight is 325 g/mol. The first-order valence-corrected chi connectivity index (χ1v) is 8.80. The third-order valence-electron chi connectivity index (χ3n) is 2.81. The Balaban J connectivity index is 1.91. The number of thioether (sulfide) groups is 1. The van der Waals surface area contributed by atoms with Crippen molar-refractivity contribution in [3.05, 3.63) is 29.3 Å². The van der Waals surface area contributed by atoms with Crippen LogP contribution < -0.4 is 5.32 Å². The van der Waals surface area contributed by atoms with Crippen LogP contribution in [0, 0.1) is 0 Å². The number of thiophene rings is 1. The van der Waals surface area contributed by atoms with Gasteiger partial charge < -0.3 is 10.4 Å². The van der Waals surface area contributed by atoms with Gasteiger partial charge in [-0.25, -0.2) is 0 Å². The van der Waals surface area contributed by atoms with E-state index in [9.17, 15) is 4.79 Å². The topological polar surface area (TPSA) is 67.2 Å². The molecule has 2 aromatic rings. The van der Waals surface area contributed by atoms with Crippen LogP contribution in [0.2, 0.25) is 0 Å². The summed E-state index contributed by atoms with van der Waals surface area (Å²) in [6.07, 6.45) is 2.55. The van der Waals surface area contributed by atoms with E-state index in [1.165, 1.54) is 0 Å². The van der Waals surface area contributed by atoms with Crippen LogP contribution in [0.3, 0.4) is 0 Å². The highest BCUT2D eigenvalue weighted by Crippen LogP contribution is 2.26. The van der Waals surface area contributed by atoms with Crippen LogP contribution in [0.5, 0.6) is 0 Å². The number of hydrogen-bond acceptors (Lipinski definition) is 5. The molecule has 0 fully saturated rings. The summed E-state index contributed by atoms with van der Waals surface area (Å²) in [5.41, 5.74) is 1.35. The van der Waals surface area contributed by atoms with E-state index in [1.807, 2.05) is 24.6 Å². The fraction of sp³-hybridized carbons (Fsp3) is 0.429. The molecule has 7 heteroatoms. The molecule has 0 saturated carbocycles.